The Kier molecular flexibility index (Phi) is 3.39. The van der Waals surface area contributed by atoms with Crippen LogP contribution in [0.5, 0.6) is 0 Å². The molecule has 0 aliphatic heterocycles. The van der Waals surface area contributed by atoms with Crippen molar-refractivity contribution >= 4 is 5.97 Å². The van der Waals surface area contributed by atoms with Crippen LogP contribution < -0.4 is 0 Å². The van der Waals surface area contributed by atoms with Crippen LogP contribution in [0.1, 0.15) is 17.9 Å². The second-order valence-electron chi connectivity index (χ2n) is 5.19. The molecule has 0 spiro atoms. The molecule has 1 saturated carbocycles. The molecule has 0 aromatic heterocycles. The number of hydrogen-bond acceptors (Lipinski definition) is 3. The molecule has 0 heterocycles. The van der Waals surface area contributed by atoms with E-state index < -0.39 is 5.41 Å². The summed E-state index contributed by atoms with van der Waals surface area (Å²) in [5, 5.41) is 0. The van der Waals surface area contributed by atoms with E-state index in [1.165, 1.54) is 19.2 Å². The molecule has 1 aliphatic carbocycles. The van der Waals surface area contributed by atoms with E-state index in [0.29, 0.717) is 6.54 Å². The molecule has 1 aromatic carbocycles. The molecule has 98 valence electrons. The molecule has 0 amide bonds. The zero-order valence-corrected chi connectivity index (χ0v) is 10.9. The van der Waals surface area contributed by atoms with Crippen molar-refractivity contribution in [1.82, 2.24) is 4.90 Å². The number of halogens is 1. The first-order valence-corrected chi connectivity index (χ1v) is 5.98. The SMILES string of the molecule is COC(=O)[C@]1(CN(C)C)CC1c1ccc(F)cc1. The van der Waals surface area contributed by atoms with Crippen molar-refractivity contribution in [3.05, 3.63) is 35.6 Å². The number of carbonyl (C=O) groups excluding carboxylic acids is 1. The van der Waals surface area contributed by atoms with Gasteiger partial charge in [0.05, 0.1) is 12.5 Å². The van der Waals surface area contributed by atoms with Gasteiger partial charge in [0.15, 0.2) is 0 Å². The first kappa shape index (κ1) is 13.0. The smallest absolute Gasteiger partial charge is 0.313 e. The van der Waals surface area contributed by atoms with Crippen molar-refractivity contribution in [3.8, 4) is 0 Å². The highest BCUT2D eigenvalue weighted by Gasteiger charge is 2.61. The Labute approximate surface area is 107 Å². The molecule has 1 fully saturated rings. The lowest BCUT2D eigenvalue weighted by Gasteiger charge is -2.19. The van der Waals surface area contributed by atoms with Crippen molar-refractivity contribution in [1.29, 1.82) is 0 Å². The van der Waals surface area contributed by atoms with Crippen molar-refractivity contribution in [3.63, 3.8) is 0 Å². The molecule has 2 rings (SSSR count). The Morgan fingerprint density at radius 2 is 2.06 bits per heavy atom. The highest BCUT2D eigenvalue weighted by molar-refractivity contribution is 5.82. The molecular formula is C14H18FNO2. The Morgan fingerprint density at radius 3 is 2.56 bits per heavy atom. The van der Waals surface area contributed by atoms with E-state index in [4.69, 9.17) is 4.74 Å². The Hall–Kier alpha value is -1.42. The van der Waals surface area contributed by atoms with Gasteiger partial charge in [-0.3, -0.25) is 4.79 Å². The number of hydrogen-bond donors (Lipinski definition) is 0. The van der Waals surface area contributed by atoms with Gasteiger partial charge in [0.1, 0.15) is 5.82 Å². The summed E-state index contributed by atoms with van der Waals surface area (Å²) in [6.45, 7) is 0.654. The second kappa shape index (κ2) is 4.69. The zero-order valence-electron chi connectivity index (χ0n) is 10.9. The van der Waals surface area contributed by atoms with Crippen molar-refractivity contribution < 1.29 is 13.9 Å². The van der Waals surface area contributed by atoms with Crippen LogP contribution in [-0.2, 0) is 9.53 Å². The van der Waals surface area contributed by atoms with Crippen LogP contribution in [-0.4, -0.2) is 38.6 Å². The standard InChI is InChI=1S/C14H18FNO2/c1-16(2)9-14(13(17)18-3)8-12(14)10-4-6-11(15)7-5-10/h4-7,12H,8-9H2,1-3H3/t12?,14-/m0/s1. The predicted molar refractivity (Wildman–Crippen MR) is 66.8 cm³/mol. The fourth-order valence-electron chi connectivity index (χ4n) is 2.67. The van der Waals surface area contributed by atoms with Crippen molar-refractivity contribution in [2.75, 3.05) is 27.7 Å². The Bertz CT molecular complexity index is 444. The molecule has 0 radical (unpaired) electrons. The van der Waals surface area contributed by atoms with E-state index in [0.717, 1.165) is 12.0 Å². The van der Waals surface area contributed by atoms with Gasteiger partial charge < -0.3 is 9.64 Å². The molecule has 18 heavy (non-hydrogen) atoms. The first-order chi connectivity index (χ1) is 8.49. The van der Waals surface area contributed by atoms with Gasteiger partial charge in [0.25, 0.3) is 0 Å². The summed E-state index contributed by atoms with van der Waals surface area (Å²) in [5.74, 6) is -0.297. The lowest BCUT2D eigenvalue weighted by Crippen LogP contribution is -2.31. The molecule has 4 heteroatoms. The number of benzene rings is 1. The largest absolute Gasteiger partial charge is 0.469 e. The zero-order chi connectivity index (χ0) is 13.3. The molecule has 0 N–H and O–H groups in total. The average Bonchev–Trinajstić information content (AvgIpc) is 3.03. The maximum absolute atomic E-state index is 12.9. The van der Waals surface area contributed by atoms with Gasteiger partial charge in [-0.1, -0.05) is 12.1 Å². The normalized spacial score (nSPS) is 26.2. The minimum absolute atomic E-state index is 0.132. The summed E-state index contributed by atoms with van der Waals surface area (Å²) in [5.41, 5.74) is 0.541. The molecule has 0 bridgehead atoms. The summed E-state index contributed by atoms with van der Waals surface area (Å²) >= 11 is 0. The quantitative estimate of drug-likeness (QED) is 0.767. The summed E-state index contributed by atoms with van der Waals surface area (Å²) in [6.07, 6.45) is 0.767. The van der Waals surface area contributed by atoms with Crippen LogP contribution in [0.4, 0.5) is 4.39 Å². The van der Waals surface area contributed by atoms with Gasteiger partial charge in [-0.2, -0.15) is 0 Å². The summed E-state index contributed by atoms with van der Waals surface area (Å²) in [4.78, 5) is 13.9. The highest BCUT2D eigenvalue weighted by atomic mass is 19.1. The van der Waals surface area contributed by atoms with E-state index >= 15 is 0 Å². The third-order valence-corrected chi connectivity index (χ3v) is 3.54. The highest BCUT2D eigenvalue weighted by Crippen LogP contribution is 2.60. The van der Waals surface area contributed by atoms with E-state index in [9.17, 15) is 9.18 Å². The van der Waals surface area contributed by atoms with Crippen LogP contribution in [0.15, 0.2) is 24.3 Å². The number of methoxy groups -OCH3 is 1. The van der Waals surface area contributed by atoms with Gasteiger partial charge >= 0.3 is 5.97 Å². The number of rotatable bonds is 4. The minimum atomic E-state index is -0.462. The maximum Gasteiger partial charge on any atom is 0.313 e. The fourth-order valence-corrected chi connectivity index (χ4v) is 2.67. The van der Waals surface area contributed by atoms with Crippen LogP contribution in [0.2, 0.25) is 0 Å². The molecule has 1 aliphatic rings. The minimum Gasteiger partial charge on any atom is -0.469 e. The van der Waals surface area contributed by atoms with Gasteiger partial charge in [0, 0.05) is 12.5 Å². The van der Waals surface area contributed by atoms with Crippen LogP contribution >= 0.6 is 0 Å². The number of ether oxygens (including phenoxy) is 1. The van der Waals surface area contributed by atoms with Crippen LogP contribution in [0, 0.1) is 11.2 Å². The summed E-state index contributed by atoms with van der Waals surface area (Å²) in [7, 11) is 5.29. The summed E-state index contributed by atoms with van der Waals surface area (Å²) in [6, 6.07) is 6.37. The number of nitrogens with zero attached hydrogens (tertiary/aromatic N) is 1. The van der Waals surface area contributed by atoms with Gasteiger partial charge in [0.2, 0.25) is 0 Å². The lowest BCUT2D eigenvalue weighted by molar-refractivity contribution is -0.147. The number of esters is 1. The third-order valence-electron chi connectivity index (χ3n) is 3.54. The molecule has 1 aromatic rings. The van der Waals surface area contributed by atoms with Crippen molar-refractivity contribution in [2.45, 2.75) is 12.3 Å². The van der Waals surface area contributed by atoms with Crippen LogP contribution in [0.3, 0.4) is 0 Å². The second-order valence-corrected chi connectivity index (χ2v) is 5.19. The maximum atomic E-state index is 12.9. The monoisotopic (exact) mass is 251 g/mol. The van der Waals surface area contributed by atoms with E-state index in [2.05, 4.69) is 0 Å². The number of carbonyl (C=O) groups is 1. The van der Waals surface area contributed by atoms with Gasteiger partial charge in [-0.25, -0.2) is 4.39 Å². The van der Waals surface area contributed by atoms with Crippen LogP contribution in [0.25, 0.3) is 0 Å². The molecule has 0 saturated heterocycles. The molecular weight excluding hydrogens is 233 g/mol. The lowest BCUT2D eigenvalue weighted by atomic mass is 9.98. The third kappa shape index (κ3) is 2.25. The first-order valence-electron chi connectivity index (χ1n) is 5.98. The van der Waals surface area contributed by atoms with E-state index in [1.807, 2.05) is 19.0 Å². The van der Waals surface area contributed by atoms with Crippen molar-refractivity contribution in [2.24, 2.45) is 5.41 Å². The average molecular weight is 251 g/mol. The predicted octanol–water partition coefficient (Wildman–Crippen LogP) is 2.03. The fraction of sp³-hybridized carbons (Fsp3) is 0.500. The summed E-state index contributed by atoms with van der Waals surface area (Å²) < 4.78 is 17.8. The van der Waals surface area contributed by atoms with Gasteiger partial charge in [-0.15, -0.1) is 0 Å². The molecule has 1 unspecified atom stereocenters. The molecule has 2 atom stereocenters. The Balaban J connectivity index is 2.21. The van der Waals surface area contributed by atoms with E-state index in [1.54, 1.807) is 12.1 Å². The molecule has 3 nitrogen and oxygen atoms in total. The topological polar surface area (TPSA) is 29.5 Å². The Morgan fingerprint density at radius 1 is 1.44 bits per heavy atom. The van der Waals surface area contributed by atoms with E-state index in [-0.39, 0.29) is 17.7 Å². The van der Waals surface area contributed by atoms with Gasteiger partial charge in [-0.05, 0) is 38.2 Å².